The van der Waals surface area contributed by atoms with Crippen LogP contribution in [-0.4, -0.2) is 0 Å². The Morgan fingerprint density at radius 2 is 1.02 bits per heavy atom. The van der Waals surface area contributed by atoms with Crippen LogP contribution >= 0.6 is 11.3 Å². The molecule has 1 aliphatic carbocycles. The smallest absolute Gasteiger partial charge is 0.144 e. The van der Waals surface area contributed by atoms with Crippen molar-refractivity contribution < 1.29 is 4.42 Å². The predicted molar refractivity (Wildman–Crippen MR) is 244 cm³/mol. The quantitative estimate of drug-likeness (QED) is 0.168. The highest BCUT2D eigenvalue weighted by Crippen LogP contribution is 2.59. The van der Waals surface area contributed by atoms with Crippen LogP contribution in [0.15, 0.2) is 217 Å². The van der Waals surface area contributed by atoms with Gasteiger partial charge in [-0.05, 0) is 81.9 Å². The minimum Gasteiger partial charge on any atom is -0.455 e. The molecule has 272 valence electrons. The number of furan rings is 1. The first-order chi connectivity index (χ1) is 28.8. The van der Waals surface area contributed by atoms with Crippen LogP contribution in [-0.2, 0) is 5.41 Å². The Morgan fingerprint density at radius 1 is 0.414 bits per heavy atom. The van der Waals surface area contributed by atoms with Crippen LogP contribution in [0, 0.1) is 0 Å². The highest BCUT2D eigenvalue weighted by atomic mass is 32.1. The van der Waals surface area contributed by atoms with Gasteiger partial charge in [-0.15, -0.1) is 11.3 Å². The number of hydrogen-bond acceptors (Lipinski definition) is 3. The van der Waals surface area contributed by atoms with E-state index in [1.807, 2.05) is 11.3 Å². The third-order valence-corrected chi connectivity index (χ3v) is 13.3. The molecule has 9 aromatic carbocycles. The molecule has 0 saturated heterocycles. The van der Waals surface area contributed by atoms with Crippen LogP contribution in [0.5, 0.6) is 0 Å². The first-order valence-electron chi connectivity index (χ1n) is 19.8. The zero-order valence-electron chi connectivity index (χ0n) is 31.5. The van der Waals surface area contributed by atoms with Crippen molar-refractivity contribution in [2.45, 2.75) is 5.41 Å². The molecular weight excluding hydrogens is 723 g/mol. The number of nitrogens with zero attached hydrogens (tertiary/aromatic N) is 1. The summed E-state index contributed by atoms with van der Waals surface area (Å²) in [6, 6.07) is 77.3. The first-order valence-corrected chi connectivity index (χ1v) is 20.7. The molecule has 0 amide bonds. The van der Waals surface area contributed by atoms with E-state index in [4.69, 9.17) is 4.42 Å². The minimum absolute atomic E-state index is 0.495. The number of hydrogen-bond donors (Lipinski definition) is 0. The van der Waals surface area contributed by atoms with Gasteiger partial charge >= 0.3 is 0 Å². The Bertz CT molecular complexity index is 3300. The summed E-state index contributed by atoms with van der Waals surface area (Å²) in [7, 11) is 0. The van der Waals surface area contributed by atoms with Crippen LogP contribution in [0.25, 0.3) is 64.4 Å². The van der Waals surface area contributed by atoms with Crippen molar-refractivity contribution in [3.8, 4) is 22.3 Å². The summed E-state index contributed by atoms with van der Waals surface area (Å²) in [6.07, 6.45) is 0. The fourth-order valence-electron chi connectivity index (χ4n) is 9.77. The van der Waals surface area contributed by atoms with Crippen molar-refractivity contribution in [3.63, 3.8) is 0 Å². The fourth-order valence-corrected chi connectivity index (χ4v) is 10.9. The SMILES string of the molecule is c1ccc(N(c2cccc(-c3cccc4c3oc3c4ccc4sc5ccccc5c43)c2)c2cccc3c2-c2ccccc2C3(c2ccccc2)c2ccccc2)cc1. The molecular formula is C55H35NOS. The summed E-state index contributed by atoms with van der Waals surface area (Å²) >= 11 is 1.82. The van der Waals surface area contributed by atoms with E-state index in [0.29, 0.717) is 0 Å². The van der Waals surface area contributed by atoms with E-state index in [0.717, 1.165) is 50.1 Å². The lowest BCUT2D eigenvalue weighted by Gasteiger charge is -2.34. The second-order valence-electron chi connectivity index (χ2n) is 15.1. The summed E-state index contributed by atoms with van der Waals surface area (Å²) < 4.78 is 9.51. The molecule has 2 nitrogen and oxygen atoms in total. The molecule has 0 bridgehead atoms. The largest absolute Gasteiger partial charge is 0.455 e. The molecule has 0 saturated carbocycles. The van der Waals surface area contributed by atoms with Crippen LogP contribution in [0.3, 0.4) is 0 Å². The maximum atomic E-state index is 6.99. The summed E-state index contributed by atoms with van der Waals surface area (Å²) in [5, 5.41) is 4.72. The lowest BCUT2D eigenvalue weighted by atomic mass is 9.68. The van der Waals surface area contributed by atoms with Crippen LogP contribution in [0.4, 0.5) is 17.1 Å². The van der Waals surface area contributed by atoms with E-state index in [9.17, 15) is 0 Å². The number of rotatable bonds is 6. The van der Waals surface area contributed by atoms with E-state index in [1.54, 1.807) is 0 Å². The van der Waals surface area contributed by atoms with E-state index in [2.05, 4.69) is 217 Å². The highest BCUT2D eigenvalue weighted by Gasteiger charge is 2.47. The van der Waals surface area contributed by atoms with Crippen molar-refractivity contribution in [2.24, 2.45) is 0 Å². The van der Waals surface area contributed by atoms with Crippen LogP contribution in [0.2, 0.25) is 0 Å². The van der Waals surface area contributed by atoms with Gasteiger partial charge < -0.3 is 9.32 Å². The van der Waals surface area contributed by atoms with Gasteiger partial charge in [-0.3, -0.25) is 0 Å². The molecule has 0 fully saturated rings. The van der Waals surface area contributed by atoms with Gasteiger partial charge in [-0.2, -0.15) is 0 Å². The van der Waals surface area contributed by atoms with Gasteiger partial charge in [0.05, 0.1) is 11.1 Å². The number of anilines is 3. The molecule has 0 radical (unpaired) electrons. The molecule has 3 heteroatoms. The molecule has 12 rings (SSSR count). The van der Waals surface area contributed by atoms with Crippen molar-refractivity contribution >= 4 is 70.5 Å². The summed E-state index contributed by atoms with van der Waals surface area (Å²) in [4.78, 5) is 2.44. The Hall–Kier alpha value is -7.20. The monoisotopic (exact) mass is 757 g/mol. The average Bonchev–Trinajstić information content (AvgIpc) is 3.96. The van der Waals surface area contributed by atoms with Gasteiger partial charge in [0, 0.05) is 53.4 Å². The predicted octanol–water partition coefficient (Wildman–Crippen LogP) is 15.5. The Labute approximate surface area is 340 Å². The van der Waals surface area contributed by atoms with Gasteiger partial charge in [0.25, 0.3) is 0 Å². The number of fused-ring (bicyclic) bond motifs is 10. The zero-order chi connectivity index (χ0) is 38.2. The fraction of sp³-hybridized carbons (Fsp3) is 0.0182. The van der Waals surface area contributed by atoms with Gasteiger partial charge in [0.1, 0.15) is 11.2 Å². The molecule has 0 N–H and O–H groups in total. The molecule has 0 spiro atoms. The number of thiophene rings is 1. The third-order valence-electron chi connectivity index (χ3n) is 12.1. The number of para-hydroxylation sites is 2. The second-order valence-corrected chi connectivity index (χ2v) is 16.2. The standard InChI is InChI=1S/C55H35NOS/c1-4-18-37(19-5-1)55(38-20-6-2-7-21-38)46-29-12-10-25-44(46)51-47(55)30-16-31-48(51)56(39-22-8-3-9-23-39)40-24-14-17-36(35-40)41-27-15-28-42-43-33-34-50-52(54(43)57-53(41)42)45-26-11-13-32-49(45)58-50/h1-35H. The molecule has 2 heterocycles. The van der Waals surface area contributed by atoms with E-state index in [-0.39, 0.29) is 0 Å². The molecule has 0 aliphatic heterocycles. The normalized spacial score (nSPS) is 13.0. The Kier molecular flexibility index (Phi) is 7.35. The minimum atomic E-state index is -0.495. The molecule has 0 atom stereocenters. The maximum absolute atomic E-state index is 6.99. The Morgan fingerprint density at radius 3 is 1.83 bits per heavy atom. The lowest BCUT2D eigenvalue weighted by molar-refractivity contribution is 0.674. The van der Waals surface area contributed by atoms with Gasteiger partial charge in [0.15, 0.2) is 0 Å². The first kappa shape index (κ1) is 33.0. The van der Waals surface area contributed by atoms with Crippen molar-refractivity contribution in [2.75, 3.05) is 4.90 Å². The summed E-state index contributed by atoms with van der Waals surface area (Å²) in [5.41, 5.74) is 14.4. The van der Waals surface area contributed by atoms with Gasteiger partial charge in [-0.1, -0.05) is 164 Å². The van der Waals surface area contributed by atoms with Crippen LogP contribution < -0.4 is 4.90 Å². The zero-order valence-corrected chi connectivity index (χ0v) is 32.3. The van der Waals surface area contributed by atoms with E-state index >= 15 is 0 Å². The van der Waals surface area contributed by atoms with Crippen molar-refractivity contribution in [3.05, 3.63) is 235 Å². The van der Waals surface area contributed by atoms with Crippen molar-refractivity contribution in [1.82, 2.24) is 0 Å². The second kappa shape index (κ2) is 12.9. The molecule has 0 unspecified atom stereocenters. The van der Waals surface area contributed by atoms with Gasteiger partial charge in [0.2, 0.25) is 0 Å². The average molecular weight is 758 g/mol. The lowest BCUT2D eigenvalue weighted by Crippen LogP contribution is -2.28. The molecule has 1 aliphatic rings. The third kappa shape index (κ3) is 4.71. The Balaban J connectivity index is 1.09. The van der Waals surface area contributed by atoms with Gasteiger partial charge in [-0.25, -0.2) is 0 Å². The highest BCUT2D eigenvalue weighted by molar-refractivity contribution is 7.26. The summed E-state index contributed by atoms with van der Waals surface area (Å²) in [5.74, 6) is 0. The number of benzene rings is 9. The molecule has 58 heavy (non-hydrogen) atoms. The topological polar surface area (TPSA) is 16.4 Å². The summed E-state index contributed by atoms with van der Waals surface area (Å²) in [6.45, 7) is 0. The van der Waals surface area contributed by atoms with Crippen LogP contribution in [0.1, 0.15) is 22.3 Å². The maximum Gasteiger partial charge on any atom is 0.144 e. The molecule has 11 aromatic rings. The van der Waals surface area contributed by atoms with E-state index in [1.165, 1.54) is 53.6 Å². The molecule has 2 aromatic heterocycles. The van der Waals surface area contributed by atoms with Crippen molar-refractivity contribution in [1.29, 1.82) is 0 Å². The van der Waals surface area contributed by atoms with E-state index < -0.39 is 5.41 Å².